The van der Waals surface area contributed by atoms with Crippen molar-refractivity contribution in [2.75, 3.05) is 17.7 Å². The first-order valence-electron chi connectivity index (χ1n) is 8.64. The zero-order chi connectivity index (χ0) is 20.7. The molecule has 0 bridgehead atoms. The molecule has 0 aliphatic carbocycles. The van der Waals surface area contributed by atoms with Gasteiger partial charge in [-0.1, -0.05) is 35.9 Å². The van der Waals surface area contributed by atoms with Crippen LogP contribution < -0.4 is 9.62 Å². The minimum atomic E-state index is -3.45. The van der Waals surface area contributed by atoms with Crippen LogP contribution in [0.1, 0.15) is 19.8 Å². The molecule has 0 aromatic heterocycles. The van der Waals surface area contributed by atoms with Gasteiger partial charge in [0.15, 0.2) is 9.84 Å². The number of amides is 1. The molecule has 2 aromatic rings. The predicted octanol–water partition coefficient (Wildman–Crippen LogP) is 4.11. The quantitative estimate of drug-likeness (QED) is 0.251. The van der Waals surface area contributed by atoms with Gasteiger partial charge in [-0.15, -0.1) is 0 Å². The standard InChI is InChI=1S/C19H23FN2O3S3/c1-14(21-27-26)6-5-11-22(13-23)18-10-9-15(12-17(18)20)16-7-3-4-8-19(16)28(2,24)25/h3-4,7-10,12-14,21,26H,5-6,11H2,1-2H3. The summed E-state index contributed by atoms with van der Waals surface area (Å²) in [7, 11) is -2.22. The van der Waals surface area contributed by atoms with E-state index in [-0.39, 0.29) is 16.6 Å². The summed E-state index contributed by atoms with van der Waals surface area (Å²) in [4.78, 5) is 12.9. The Balaban J connectivity index is 2.23. The lowest BCUT2D eigenvalue weighted by Crippen LogP contribution is -2.26. The van der Waals surface area contributed by atoms with Gasteiger partial charge in [-0.25, -0.2) is 12.8 Å². The highest BCUT2D eigenvalue weighted by Crippen LogP contribution is 2.30. The Bertz CT molecular complexity index is 922. The highest BCUT2D eigenvalue weighted by atomic mass is 33.1. The molecule has 0 fully saturated rings. The number of carbonyl (C=O) groups excluding carboxylic acids is 1. The summed E-state index contributed by atoms with van der Waals surface area (Å²) in [5.41, 5.74) is 1.04. The molecule has 1 atom stereocenters. The van der Waals surface area contributed by atoms with Gasteiger partial charge in [0.2, 0.25) is 6.41 Å². The lowest BCUT2D eigenvalue weighted by molar-refractivity contribution is -0.107. The van der Waals surface area contributed by atoms with Gasteiger partial charge in [0.05, 0.1) is 10.6 Å². The molecule has 0 radical (unpaired) electrons. The van der Waals surface area contributed by atoms with E-state index in [9.17, 15) is 17.6 Å². The number of thiol groups is 1. The zero-order valence-corrected chi connectivity index (χ0v) is 18.2. The topological polar surface area (TPSA) is 66.5 Å². The van der Waals surface area contributed by atoms with E-state index in [1.807, 2.05) is 6.92 Å². The van der Waals surface area contributed by atoms with E-state index >= 15 is 0 Å². The summed E-state index contributed by atoms with van der Waals surface area (Å²) >= 11 is 4.03. The molecule has 9 heteroatoms. The Morgan fingerprint density at radius 3 is 2.61 bits per heavy atom. The molecule has 2 aromatic carbocycles. The van der Waals surface area contributed by atoms with Gasteiger partial charge in [0.25, 0.3) is 0 Å². The van der Waals surface area contributed by atoms with Gasteiger partial charge in [0, 0.05) is 24.4 Å². The van der Waals surface area contributed by atoms with Crippen LogP contribution >= 0.6 is 22.6 Å². The molecule has 2 rings (SSSR count). The number of rotatable bonds is 10. The van der Waals surface area contributed by atoms with Crippen LogP contribution in [0.5, 0.6) is 0 Å². The zero-order valence-electron chi connectivity index (χ0n) is 15.6. The normalized spacial score (nSPS) is 12.6. The smallest absolute Gasteiger partial charge is 0.214 e. The number of hydrogen-bond acceptors (Lipinski definition) is 6. The maximum atomic E-state index is 14.7. The van der Waals surface area contributed by atoms with Crippen molar-refractivity contribution in [1.82, 2.24) is 4.72 Å². The van der Waals surface area contributed by atoms with E-state index in [0.717, 1.165) is 12.7 Å². The number of nitrogens with zero attached hydrogens (tertiary/aromatic N) is 1. The fourth-order valence-corrected chi connectivity index (χ4v) is 4.63. The second kappa shape index (κ2) is 10.3. The Hall–Kier alpha value is -1.55. The molecule has 0 aliphatic heterocycles. The summed E-state index contributed by atoms with van der Waals surface area (Å²) in [5, 5.41) is 0. The molecule has 1 N–H and O–H groups in total. The Labute approximate surface area is 174 Å². The van der Waals surface area contributed by atoms with Crippen molar-refractivity contribution in [2.24, 2.45) is 0 Å². The number of carbonyl (C=O) groups is 1. The highest BCUT2D eigenvalue weighted by Gasteiger charge is 2.17. The number of sulfone groups is 1. The van der Waals surface area contributed by atoms with E-state index in [0.29, 0.717) is 30.5 Å². The molecule has 0 saturated carbocycles. The van der Waals surface area contributed by atoms with Crippen LogP contribution in [0, 0.1) is 5.82 Å². The van der Waals surface area contributed by atoms with E-state index in [1.54, 1.807) is 24.3 Å². The average Bonchev–Trinajstić information content (AvgIpc) is 2.65. The summed E-state index contributed by atoms with van der Waals surface area (Å²) in [6.45, 7) is 2.38. The third kappa shape index (κ3) is 5.97. The van der Waals surface area contributed by atoms with Gasteiger partial charge in [-0.2, -0.15) is 0 Å². The van der Waals surface area contributed by atoms with Crippen molar-refractivity contribution in [3.05, 3.63) is 48.3 Å². The Kier molecular flexibility index (Phi) is 8.36. The number of nitrogens with one attached hydrogen (secondary N) is 1. The monoisotopic (exact) mass is 442 g/mol. The van der Waals surface area contributed by atoms with Crippen molar-refractivity contribution in [2.45, 2.75) is 30.7 Å². The number of halogens is 1. The maximum Gasteiger partial charge on any atom is 0.214 e. The molecule has 28 heavy (non-hydrogen) atoms. The molecular weight excluding hydrogens is 419 g/mol. The van der Waals surface area contributed by atoms with E-state index in [1.165, 1.54) is 34.1 Å². The van der Waals surface area contributed by atoms with Crippen LogP contribution in [-0.2, 0) is 14.6 Å². The molecule has 0 spiro atoms. The Morgan fingerprint density at radius 1 is 1.29 bits per heavy atom. The van der Waals surface area contributed by atoms with Crippen molar-refractivity contribution >= 4 is 44.6 Å². The summed E-state index contributed by atoms with van der Waals surface area (Å²) in [6, 6.07) is 11.1. The molecule has 0 heterocycles. The molecule has 1 amide bonds. The Morgan fingerprint density at radius 2 is 2.00 bits per heavy atom. The van der Waals surface area contributed by atoms with Crippen LogP contribution in [0.4, 0.5) is 10.1 Å². The second-order valence-corrected chi connectivity index (χ2v) is 9.44. The van der Waals surface area contributed by atoms with Crippen molar-refractivity contribution in [3.63, 3.8) is 0 Å². The first-order chi connectivity index (χ1) is 13.3. The fourth-order valence-electron chi connectivity index (χ4n) is 2.88. The van der Waals surface area contributed by atoms with Crippen LogP contribution in [0.25, 0.3) is 11.1 Å². The lowest BCUT2D eigenvalue weighted by atomic mass is 10.0. The van der Waals surface area contributed by atoms with Crippen molar-refractivity contribution < 1.29 is 17.6 Å². The first kappa shape index (κ1) is 22.7. The van der Waals surface area contributed by atoms with Gasteiger partial charge in [-0.05, 0) is 54.5 Å². The molecule has 0 saturated heterocycles. The van der Waals surface area contributed by atoms with Gasteiger partial charge in [-0.3, -0.25) is 9.52 Å². The molecular formula is C19H23FN2O3S3. The van der Waals surface area contributed by atoms with Crippen LogP contribution in [0.15, 0.2) is 47.4 Å². The SMILES string of the molecule is CC(CCCN(C=O)c1ccc(-c2ccccc2S(C)(=O)=O)cc1F)NSS. The number of anilines is 1. The minimum absolute atomic E-state index is 0.137. The lowest BCUT2D eigenvalue weighted by Gasteiger charge is -2.20. The second-order valence-electron chi connectivity index (χ2n) is 6.49. The average molecular weight is 443 g/mol. The molecule has 1 unspecified atom stereocenters. The van der Waals surface area contributed by atoms with Gasteiger partial charge < -0.3 is 4.90 Å². The van der Waals surface area contributed by atoms with Gasteiger partial charge >= 0.3 is 0 Å². The first-order valence-corrected chi connectivity index (χ1v) is 12.4. The highest BCUT2D eigenvalue weighted by molar-refractivity contribution is 8.67. The van der Waals surface area contributed by atoms with Gasteiger partial charge in [0.1, 0.15) is 5.82 Å². The number of benzene rings is 2. The van der Waals surface area contributed by atoms with E-state index in [2.05, 4.69) is 16.4 Å². The van der Waals surface area contributed by atoms with Crippen LogP contribution in [0.2, 0.25) is 0 Å². The molecule has 0 aliphatic rings. The summed E-state index contributed by atoms with van der Waals surface area (Å²) < 4.78 is 41.8. The maximum absolute atomic E-state index is 14.7. The fraction of sp³-hybridized carbons (Fsp3) is 0.316. The van der Waals surface area contributed by atoms with Crippen molar-refractivity contribution in [1.29, 1.82) is 0 Å². The van der Waals surface area contributed by atoms with Crippen molar-refractivity contribution in [3.8, 4) is 11.1 Å². The van der Waals surface area contributed by atoms with E-state index < -0.39 is 15.7 Å². The molecule has 152 valence electrons. The largest absolute Gasteiger partial charge is 0.312 e. The predicted molar refractivity (Wildman–Crippen MR) is 117 cm³/mol. The van der Waals surface area contributed by atoms with Crippen LogP contribution in [-0.4, -0.2) is 33.7 Å². The number of hydrogen-bond donors (Lipinski definition) is 2. The summed E-state index contributed by atoms with van der Waals surface area (Å²) in [6.07, 6.45) is 3.22. The third-order valence-electron chi connectivity index (χ3n) is 4.27. The summed E-state index contributed by atoms with van der Waals surface area (Å²) in [5.74, 6) is -0.579. The van der Waals surface area contributed by atoms with E-state index in [4.69, 9.17) is 0 Å². The third-order valence-corrected chi connectivity index (χ3v) is 6.25. The molecule has 5 nitrogen and oxygen atoms in total. The minimum Gasteiger partial charge on any atom is -0.312 e. The van der Waals surface area contributed by atoms with Crippen LogP contribution in [0.3, 0.4) is 0 Å².